The fraction of sp³-hybridized carbons (Fsp3) is 0.231. The van der Waals surface area contributed by atoms with Crippen molar-refractivity contribution in [3.63, 3.8) is 0 Å². The van der Waals surface area contributed by atoms with E-state index in [0.717, 1.165) is 5.75 Å². The zero-order valence-electron chi connectivity index (χ0n) is 10.5. The summed E-state index contributed by atoms with van der Waals surface area (Å²) in [6, 6.07) is 7.15. The molecule has 2 rings (SSSR count). The molecular formula is C13H13IN2O3. The van der Waals surface area contributed by atoms with E-state index in [0.29, 0.717) is 11.4 Å². The van der Waals surface area contributed by atoms with Crippen LogP contribution in [0, 0.1) is 3.57 Å². The Bertz CT molecular complexity index is 635. The molecule has 0 amide bonds. The molecule has 0 aliphatic heterocycles. The molecule has 1 heterocycles. The van der Waals surface area contributed by atoms with E-state index in [9.17, 15) is 9.90 Å². The lowest BCUT2D eigenvalue weighted by atomic mass is 10.2. The molecule has 2 N–H and O–H groups in total. The van der Waals surface area contributed by atoms with Gasteiger partial charge in [0.2, 0.25) is 5.88 Å². The van der Waals surface area contributed by atoms with Gasteiger partial charge in [-0.15, -0.1) is 0 Å². The standard InChI is InChI=1S/C13H13IN2O3/c1-7(2)19-9-5-3-8(4-6-9)11-15-12(17)10(14)13(18)16-11/h3-7H,1-2H3,(H2,15,16,17,18). The smallest absolute Gasteiger partial charge is 0.268 e. The molecule has 6 heteroatoms. The van der Waals surface area contributed by atoms with Gasteiger partial charge in [-0.1, -0.05) is 0 Å². The van der Waals surface area contributed by atoms with Crippen LogP contribution in [0.1, 0.15) is 13.8 Å². The molecule has 0 unspecified atom stereocenters. The van der Waals surface area contributed by atoms with Gasteiger partial charge in [-0.05, 0) is 60.7 Å². The van der Waals surface area contributed by atoms with E-state index in [1.54, 1.807) is 46.9 Å². The number of nitrogens with one attached hydrogen (secondary N) is 1. The summed E-state index contributed by atoms with van der Waals surface area (Å²) in [5.41, 5.74) is 0.352. The summed E-state index contributed by atoms with van der Waals surface area (Å²) < 4.78 is 5.71. The second kappa shape index (κ2) is 5.60. The Morgan fingerprint density at radius 3 is 2.47 bits per heavy atom. The van der Waals surface area contributed by atoms with Crippen molar-refractivity contribution in [3.8, 4) is 23.0 Å². The minimum absolute atomic E-state index is 0.103. The van der Waals surface area contributed by atoms with Crippen molar-refractivity contribution < 1.29 is 9.84 Å². The van der Waals surface area contributed by atoms with Gasteiger partial charge >= 0.3 is 0 Å². The van der Waals surface area contributed by atoms with Crippen LogP contribution in [0.4, 0.5) is 0 Å². The van der Waals surface area contributed by atoms with E-state index in [2.05, 4.69) is 9.97 Å². The molecule has 2 aromatic rings. The van der Waals surface area contributed by atoms with Gasteiger partial charge in [-0.2, -0.15) is 4.98 Å². The summed E-state index contributed by atoms with van der Waals surface area (Å²) in [5, 5.41) is 9.55. The van der Waals surface area contributed by atoms with E-state index in [1.807, 2.05) is 13.8 Å². The first kappa shape index (κ1) is 13.9. The lowest BCUT2D eigenvalue weighted by Crippen LogP contribution is -2.12. The van der Waals surface area contributed by atoms with Gasteiger partial charge < -0.3 is 14.8 Å². The predicted molar refractivity (Wildman–Crippen MR) is 80.4 cm³/mol. The number of aromatic nitrogens is 2. The predicted octanol–water partition coefficient (Wildman–Crippen LogP) is 2.53. The quantitative estimate of drug-likeness (QED) is 0.813. The molecule has 0 spiro atoms. The van der Waals surface area contributed by atoms with Crippen LogP contribution < -0.4 is 10.3 Å². The first-order valence-electron chi connectivity index (χ1n) is 5.73. The highest BCUT2D eigenvalue weighted by molar-refractivity contribution is 14.1. The molecule has 1 aromatic carbocycles. The Balaban J connectivity index is 2.35. The fourth-order valence-electron chi connectivity index (χ4n) is 1.55. The van der Waals surface area contributed by atoms with Crippen LogP contribution >= 0.6 is 22.6 Å². The van der Waals surface area contributed by atoms with Crippen molar-refractivity contribution in [1.29, 1.82) is 0 Å². The van der Waals surface area contributed by atoms with E-state index in [1.165, 1.54) is 0 Å². The number of rotatable bonds is 3. The molecule has 0 saturated carbocycles. The van der Waals surface area contributed by atoms with Crippen LogP contribution in [0.3, 0.4) is 0 Å². The summed E-state index contributed by atoms with van der Waals surface area (Å²) in [5.74, 6) is 0.816. The molecule has 0 aliphatic carbocycles. The van der Waals surface area contributed by atoms with Crippen molar-refractivity contribution >= 4 is 22.6 Å². The van der Waals surface area contributed by atoms with E-state index < -0.39 is 0 Å². The maximum absolute atomic E-state index is 11.6. The van der Waals surface area contributed by atoms with Crippen LogP contribution in [-0.2, 0) is 0 Å². The normalized spacial score (nSPS) is 10.7. The van der Waals surface area contributed by atoms with Crippen molar-refractivity contribution in [2.75, 3.05) is 0 Å². The highest BCUT2D eigenvalue weighted by atomic mass is 127. The lowest BCUT2D eigenvalue weighted by molar-refractivity contribution is 0.242. The average Bonchev–Trinajstić information content (AvgIpc) is 2.35. The molecule has 0 fully saturated rings. The highest BCUT2D eigenvalue weighted by Gasteiger charge is 2.09. The first-order chi connectivity index (χ1) is 8.97. The van der Waals surface area contributed by atoms with Gasteiger partial charge in [-0.3, -0.25) is 4.79 Å². The van der Waals surface area contributed by atoms with E-state index in [-0.39, 0.29) is 21.1 Å². The number of nitrogens with zero attached hydrogens (tertiary/aromatic N) is 1. The molecule has 100 valence electrons. The first-order valence-corrected chi connectivity index (χ1v) is 6.81. The van der Waals surface area contributed by atoms with Gasteiger partial charge in [0, 0.05) is 5.56 Å². The topological polar surface area (TPSA) is 75.2 Å². The Labute approximate surface area is 123 Å². The third kappa shape index (κ3) is 3.25. The molecular weight excluding hydrogens is 359 g/mol. The van der Waals surface area contributed by atoms with Crippen molar-refractivity contribution in [2.24, 2.45) is 0 Å². The second-order valence-electron chi connectivity index (χ2n) is 4.24. The molecule has 5 nitrogen and oxygen atoms in total. The lowest BCUT2D eigenvalue weighted by Gasteiger charge is -2.10. The highest BCUT2D eigenvalue weighted by Crippen LogP contribution is 2.21. The maximum atomic E-state index is 11.6. The number of benzene rings is 1. The number of hydrogen-bond donors (Lipinski definition) is 2. The van der Waals surface area contributed by atoms with Crippen molar-refractivity contribution in [3.05, 3.63) is 38.2 Å². The number of aromatic amines is 1. The van der Waals surface area contributed by atoms with E-state index >= 15 is 0 Å². The Hall–Kier alpha value is -1.57. The van der Waals surface area contributed by atoms with Crippen LogP contribution in [0.5, 0.6) is 11.6 Å². The monoisotopic (exact) mass is 372 g/mol. The summed E-state index contributed by atoms with van der Waals surface area (Å²) in [6.07, 6.45) is 0.103. The van der Waals surface area contributed by atoms with Crippen LogP contribution in [0.2, 0.25) is 0 Å². The van der Waals surface area contributed by atoms with Crippen molar-refractivity contribution in [1.82, 2.24) is 9.97 Å². The largest absolute Gasteiger partial charge is 0.492 e. The van der Waals surface area contributed by atoms with Gasteiger partial charge in [0.15, 0.2) is 0 Å². The summed E-state index contributed by atoms with van der Waals surface area (Å²) in [7, 11) is 0. The van der Waals surface area contributed by atoms with E-state index in [4.69, 9.17) is 4.74 Å². The number of aromatic hydroxyl groups is 1. The minimum atomic E-state index is -0.356. The number of H-pyrrole nitrogens is 1. The summed E-state index contributed by atoms with van der Waals surface area (Å²) in [4.78, 5) is 18.1. The number of hydrogen-bond acceptors (Lipinski definition) is 4. The zero-order chi connectivity index (χ0) is 14.0. The van der Waals surface area contributed by atoms with Gasteiger partial charge in [0.1, 0.15) is 15.1 Å². The molecule has 0 aliphatic rings. The van der Waals surface area contributed by atoms with Gasteiger partial charge in [0.05, 0.1) is 6.10 Å². The number of ether oxygens (including phenoxy) is 1. The molecule has 1 aromatic heterocycles. The fourth-order valence-corrected chi connectivity index (χ4v) is 1.80. The second-order valence-corrected chi connectivity index (χ2v) is 5.32. The third-order valence-electron chi connectivity index (χ3n) is 2.34. The SMILES string of the molecule is CC(C)Oc1ccc(-c2nc(O)c(I)c(=O)[nH]2)cc1. The van der Waals surface area contributed by atoms with Crippen LogP contribution in [-0.4, -0.2) is 21.2 Å². The number of halogens is 1. The summed E-state index contributed by atoms with van der Waals surface area (Å²) in [6.45, 7) is 3.90. The average molecular weight is 372 g/mol. The van der Waals surface area contributed by atoms with Gasteiger partial charge in [0.25, 0.3) is 5.56 Å². The van der Waals surface area contributed by atoms with Crippen LogP contribution in [0.25, 0.3) is 11.4 Å². The Morgan fingerprint density at radius 1 is 1.32 bits per heavy atom. The minimum Gasteiger partial charge on any atom is -0.492 e. The third-order valence-corrected chi connectivity index (χ3v) is 3.32. The molecule has 0 bridgehead atoms. The maximum Gasteiger partial charge on any atom is 0.268 e. The molecule has 0 saturated heterocycles. The molecule has 19 heavy (non-hydrogen) atoms. The van der Waals surface area contributed by atoms with Crippen LogP contribution in [0.15, 0.2) is 29.1 Å². The summed E-state index contributed by atoms with van der Waals surface area (Å²) >= 11 is 1.75. The Morgan fingerprint density at radius 2 is 1.95 bits per heavy atom. The van der Waals surface area contributed by atoms with Gasteiger partial charge in [-0.25, -0.2) is 0 Å². The molecule has 0 radical (unpaired) electrons. The Kier molecular flexibility index (Phi) is 4.08. The molecule has 0 atom stereocenters. The van der Waals surface area contributed by atoms with Crippen molar-refractivity contribution in [2.45, 2.75) is 20.0 Å². The zero-order valence-corrected chi connectivity index (χ0v) is 12.6.